The Labute approximate surface area is 209 Å². The molecule has 0 saturated heterocycles. The molecule has 0 fully saturated rings. The van der Waals surface area contributed by atoms with Crippen molar-refractivity contribution in [1.82, 2.24) is 9.78 Å². The van der Waals surface area contributed by atoms with E-state index in [0.29, 0.717) is 28.6 Å². The number of aromatic nitrogens is 2. The van der Waals surface area contributed by atoms with E-state index in [2.05, 4.69) is 15.7 Å². The number of rotatable bonds is 7. The topological polar surface area (TPSA) is 86.6 Å². The zero-order valence-electron chi connectivity index (χ0n) is 20.2. The number of carbonyl (C=O) groups excluding carboxylic acids is 1. The highest BCUT2D eigenvalue weighted by molar-refractivity contribution is 6.08. The Morgan fingerprint density at radius 1 is 0.944 bits per heavy atom. The number of hydrogen-bond acceptors (Lipinski definition) is 6. The predicted molar refractivity (Wildman–Crippen MR) is 139 cm³/mol. The fourth-order valence-corrected chi connectivity index (χ4v) is 4.31. The number of nitrogens with one attached hydrogen (secondary N) is 2. The molecular weight excluding hydrogens is 456 g/mol. The van der Waals surface area contributed by atoms with Gasteiger partial charge >= 0.3 is 0 Å². The summed E-state index contributed by atoms with van der Waals surface area (Å²) in [5.74, 6) is 2.24. The lowest BCUT2D eigenvalue weighted by Gasteiger charge is -2.27. The summed E-state index contributed by atoms with van der Waals surface area (Å²) in [5.41, 5.74) is 3.68. The van der Waals surface area contributed by atoms with Gasteiger partial charge in [-0.05, 0) is 36.4 Å². The van der Waals surface area contributed by atoms with Crippen LogP contribution < -0.4 is 24.8 Å². The van der Waals surface area contributed by atoms with Crippen LogP contribution in [0.4, 0.5) is 11.5 Å². The molecule has 8 nitrogen and oxygen atoms in total. The number of para-hydroxylation sites is 2. The lowest BCUT2D eigenvalue weighted by Crippen LogP contribution is -2.22. The Morgan fingerprint density at radius 3 is 2.50 bits per heavy atom. The van der Waals surface area contributed by atoms with Gasteiger partial charge in [0.25, 0.3) is 5.91 Å². The van der Waals surface area contributed by atoms with Crippen molar-refractivity contribution in [1.29, 1.82) is 0 Å². The number of amides is 1. The Hall–Kier alpha value is -4.72. The van der Waals surface area contributed by atoms with Crippen molar-refractivity contribution in [2.45, 2.75) is 6.04 Å². The molecule has 0 radical (unpaired) electrons. The third-order valence-electron chi connectivity index (χ3n) is 6.05. The minimum atomic E-state index is -0.370. The van der Waals surface area contributed by atoms with E-state index >= 15 is 0 Å². The summed E-state index contributed by atoms with van der Waals surface area (Å²) >= 11 is 0. The smallest absolute Gasteiger partial charge is 0.261 e. The second-order valence-corrected chi connectivity index (χ2v) is 8.14. The van der Waals surface area contributed by atoms with E-state index in [-0.39, 0.29) is 11.9 Å². The van der Waals surface area contributed by atoms with Gasteiger partial charge in [-0.1, -0.05) is 42.5 Å². The van der Waals surface area contributed by atoms with E-state index in [4.69, 9.17) is 14.2 Å². The van der Waals surface area contributed by atoms with Crippen LogP contribution >= 0.6 is 0 Å². The fourth-order valence-electron chi connectivity index (χ4n) is 4.31. The van der Waals surface area contributed by atoms with Gasteiger partial charge < -0.3 is 24.8 Å². The van der Waals surface area contributed by atoms with Gasteiger partial charge in [-0.3, -0.25) is 4.79 Å². The van der Waals surface area contributed by atoms with E-state index in [9.17, 15) is 4.79 Å². The summed E-state index contributed by atoms with van der Waals surface area (Å²) in [4.78, 5) is 13.3. The number of ether oxygens (including phenoxy) is 3. The molecule has 4 aromatic rings. The predicted octanol–water partition coefficient (Wildman–Crippen LogP) is 5.22. The molecule has 0 bridgehead atoms. The molecule has 3 aromatic carbocycles. The number of allylic oxidation sites excluding steroid dienone is 1. The third kappa shape index (κ3) is 4.24. The molecule has 0 spiro atoms. The first kappa shape index (κ1) is 23.0. The largest absolute Gasteiger partial charge is 0.497 e. The van der Waals surface area contributed by atoms with Crippen molar-refractivity contribution in [3.63, 3.8) is 0 Å². The van der Waals surface area contributed by atoms with Gasteiger partial charge in [0.2, 0.25) is 0 Å². The van der Waals surface area contributed by atoms with Crippen molar-refractivity contribution >= 4 is 23.1 Å². The Kier molecular flexibility index (Phi) is 6.32. The third-order valence-corrected chi connectivity index (χ3v) is 6.05. The zero-order valence-corrected chi connectivity index (χ0v) is 20.2. The molecule has 0 aliphatic carbocycles. The number of nitrogens with zero attached hydrogens (tertiary/aromatic N) is 2. The van der Waals surface area contributed by atoms with E-state index in [1.54, 1.807) is 32.2 Å². The number of benzene rings is 3. The second kappa shape index (κ2) is 9.87. The number of carbonyl (C=O) groups is 1. The van der Waals surface area contributed by atoms with Gasteiger partial charge in [-0.25, -0.2) is 4.68 Å². The van der Waals surface area contributed by atoms with Crippen LogP contribution in [0, 0.1) is 0 Å². The Balaban J connectivity index is 1.63. The van der Waals surface area contributed by atoms with Crippen molar-refractivity contribution in [3.8, 4) is 17.2 Å². The molecule has 1 aromatic heterocycles. The Bertz CT molecular complexity index is 1430. The lowest BCUT2D eigenvalue weighted by molar-refractivity contribution is 0.102. The van der Waals surface area contributed by atoms with Gasteiger partial charge in [0, 0.05) is 22.5 Å². The van der Waals surface area contributed by atoms with Crippen LogP contribution in [0.3, 0.4) is 0 Å². The molecule has 1 aliphatic rings. The van der Waals surface area contributed by atoms with Crippen molar-refractivity contribution in [3.05, 3.63) is 102 Å². The van der Waals surface area contributed by atoms with E-state index in [1.807, 2.05) is 78.9 Å². The van der Waals surface area contributed by atoms with Crippen molar-refractivity contribution in [2.75, 3.05) is 32.0 Å². The standard InChI is InChI=1S/C28H26N4O4/c1-34-20-12-7-9-18(15-20)23-16-24(21-13-8-14-25(35-2)26(21)36-3)32-27(31-23)22(17-29-32)28(33)30-19-10-5-4-6-11-19/h4-17,24,31H,1-3H3,(H,30,33)/t24-/m0/s1. The summed E-state index contributed by atoms with van der Waals surface area (Å²) in [6, 6.07) is 22.4. The molecule has 0 saturated carbocycles. The normalized spacial score (nSPS) is 14.2. The number of methoxy groups -OCH3 is 3. The van der Waals surface area contributed by atoms with Crippen LogP contribution in [0.15, 0.2) is 85.1 Å². The molecule has 2 heterocycles. The highest BCUT2D eigenvalue weighted by Gasteiger charge is 2.30. The molecule has 1 amide bonds. The Morgan fingerprint density at radius 2 is 1.75 bits per heavy atom. The molecule has 5 rings (SSSR count). The first-order valence-corrected chi connectivity index (χ1v) is 11.4. The fraction of sp³-hybridized carbons (Fsp3) is 0.143. The molecule has 8 heteroatoms. The van der Waals surface area contributed by atoms with Gasteiger partial charge in [0.05, 0.1) is 27.5 Å². The van der Waals surface area contributed by atoms with Gasteiger partial charge in [0.1, 0.15) is 23.2 Å². The molecule has 2 N–H and O–H groups in total. The van der Waals surface area contributed by atoms with Gasteiger partial charge in [-0.2, -0.15) is 5.10 Å². The maximum Gasteiger partial charge on any atom is 0.261 e. The van der Waals surface area contributed by atoms with Crippen LogP contribution in [0.25, 0.3) is 5.70 Å². The average molecular weight is 483 g/mol. The lowest BCUT2D eigenvalue weighted by atomic mass is 9.99. The summed E-state index contributed by atoms with van der Waals surface area (Å²) in [5, 5.41) is 11.0. The monoisotopic (exact) mass is 482 g/mol. The molecule has 1 aliphatic heterocycles. The van der Waals surface area contributed by atoms with Crippen LogP contribution in [0.1, 0.15) is 27.5 Å². The summed E-state index contributed by atoms with van der Waals surface area (Å²) in [6.07, 6.45) is 3.62. The number of anilines is 2. The summed E-state index contributed by atoms with van der Waals surface area (Å²) < 4.78 is 18.5. The van der Waals surface area contributed by atoms with E-state index in [1.165, 1.54) is 0 Å². The highest BCUT2D eigenvalue weighted by atomic mass is 16.5. The van der Waals surface area contributed by atoms with Crippen LogP contribution in [0.5, 0.6) is 17.2 Å². The van der Waals surface area contributed by atoms with Crippen molar-refractivity contribution < 1.29 is 19.0 Å². The minimum absolute atomic E-state index is 0.266. The van der Waals surface area contributed by atoms with Crippen LogP contribution in [-0.2, 0) is 0 Å². The minimum Gasteiger partial charge on any atom is -0.497 e. The summed E-state index contributed by atoms with van der Waals surface area (Å²) in [7, 11) is 4.84. The maximum atomic E-state index is 13.3. The molecule has 36 heavy (non-hydrogen) atoms. The van der Waals surface area contributed by atoms with Gasteiger partial charge in [-0.15, -0.1) is 0 Å². The molecule has 1 atom stereocenters. The first-order valence-electron chi connectivity index (χ1n) is 11.4. The molecule has 182 valence electrons. The van der Waals surface area contributed by atoms with Crippen LogP contribution in [-0.4, -0.2) is 37.0 Å². The average Bonchev–Trinajstić information content (AvgIpc) is 3.37. The number of fused-ring (bicyclic) bond motifs is 1. The maximum absolute atomic E-state index is 13.3. The first-order chi connectivity index (χ1) is 17.6. The second-order valence-electron chi connectivity index (χ2n) is 8.14. The van der Waals surface area contributed by atoms with E-state index < -0.39 is 0 Å². The van der Waals surface area contributed by atoms with Crippen molar-refractivity contribution in [2.24, 2.45) is 0 Å². The molecular formula is C28H26N4O4. The van der Waals surface area contributed by atoms with Crippen LogP contribution in [0.2, 0.25) is 0 Å². The quantitative estimate of drug-likeness (QED) is 0.376. The van der Waals surface area contributed by atoms with E-state index in [0.717, 1.165) is 22.6 Å². The van der Waals surface area contributed by atoms with Gasteiger partial charge in [0.15, 0.2) is 11.5 Å². The zero-order chi connectivity index (χ0) is 25.1. The molecule has 0 unspecified atom stereocenters. The highest BCUT2D eigenvalue weighted by Crippen LogP contribution is 2.42. The SMILES string of the molecule is COc1cccc(C2=C[C@@H](c3cccc(OC)c3OC)n3ncc(C(=O)Nc4ccccc4)c3N2)c1. The number of hydrogen-bond donors (Lipinski definition) is 2. The summed E-state index contributed by atoms with van der Waals surface area (Å²) in [6.45, 7) is 0.